The normalized spacial score (nSPS) is 18.1. The summed E-state index contributed by atoms with van der Waals surface area (Å²) in [4.78, 5) is 44.2. The Morgan fingerprint density at radius 1 is 0.902 bits per heavy atom. The van der Waals surface area contributed by atoms with Gasteiger partial charge in [0.15, 0.2) is 5.78 Å². The first-order valence-corrected chi connectivity index (χ1v) is 13.9. The first-order chi connectivity index (χ1) is 19.9. The predicted octanol–water partition coefficient (Wildman–Crippen LogP) is 3.50. The summed E-state index contributed by atoms with van der Waals surface area (Å²) >= 11 is 0. The van der Waals surface area contributed by atoms with Crippen LogP contribution in [0.3, 0.4) is 0 Å². The summed E-state index contributed by atoms with van der Waals surface area (Å²) in [5.74, 6) is -1.10. The lowest BCUT2D eigenvalue weighted by atomic mass is 9.99. The fourth-order valence-corrected chi connectivity index (χ4v) is 5.81. The molecule has 1 saturated heterocycles. The number of anilines is 3. The highest BCUT2D eigenvalue weighted by Crippen LogP contribution is 2.39. The molecule has 0 aromatic heterocycles. The first-order valence-electron chi connectivity index (χ1n) is 13.9. The lowest BCUT2D eigenvalue weighted by Gasteiger charge is -2.32. The number of carbonyl (C=O) groups excluding carboxylic acids is 2. The second kappa shape index (κ2) is 11.2. The molecular weight excluding hydrogens is 518 g/mol. The molecule has 9 heteroatoms. The van der Waals surface area contributed by atoms with Gasteiger partial charge >= 0.3 is 5.97 Å². The van der Waals surface area contributed by atoms with Crippen molar-refractivity contribution in [2.24, 2.45) is 0 Å². The van der Waals surface area contributed by atoms with Crippen molar-refractivity contribution in [2.45, 2.75) is 6.42 Å². The Hall–Kier alpha value is -4.47. The monoisotopic (exact) mass is 551 g/mol. The molecule has 0 bridgehead atoms. The lowest BCUT2D eigenvalue weighted by molar-refractivity contribution is -0.119. The molecule has 0 radical (unpaired) electrons. The number of carbonyl (C=O) groups is 3. The summed E-state index contributed by atoms with van der Waals surface area (Å²) in [7, 11) is 2.11. The van der Waals surface area contributed by atoms with Crippen LogP contribution in [-0.2, 0) is 16.0 Å². The standard InChI is InChI=1S/C32H33N5O4/c1-35-13-15-36(16-14-35)19-25(38)20-37-12-11-22-17-24(8-10-28(22)37)33-30(21-5-3-2-4-6-21)29-26-9-7-23(32(40)41)18-27(26)34-31(29)39/h2-10,17-18,33H,11-16,19-20H2,1H3,(H,34,39)(H,40,41)/b30-29-. The molecule has 210 valence electrons. The Morgan fingerprint density at radius 2 is 1.68 bits per heavy atom. The quantitative estimate of drug-likeness (QED) is 0.366. The van der Waals surface area contributed by atoms with Gasteiger partial charge < -0.3 is 25.5 Å². The number of fused-ring (bicyclic) bond motifs is 2. The number of benzene rings is 3. The molecule has 3 aliphatic heterocycles. The van der Waals surface area contributed by atoms with Crippen molar-refractivity contribution < 1.29 is 19.5 Å². The van der Waals surface area contributed by atoms with Gasteiger partial charge in [-0.1, -0.05) is 36.4 Å². The number of ketones is 1. The molecule has 0 aliphatic carbocycles. The molecule has 3 N–H and O–H groups in total. The van der Waals surface area contributed by atoms with Crippen molar-refractivity contribution in [2.75, 3.05) is 68.4 Å². The van der Waals surface area contributed by atoms with Crippen LogP contribution in [0.1, 0.15) is 27.0 Å². The summed E-state index contributed by atoms with van der Waals surface area (Å²) in [5, 5.41) is 15.7. The first kappa shape index (κ1) is 26.7. The molecule has 3 aliphatic rings. The molecule has 9 nitrogen and oxygen atoms in total. The van der Waals surface area contributed by atoms with Crippen molar-refractivity contribution >= 4 is 46.0 Å². The van der Waals surface area contributed by atoms with Gasteiger partial charge in [-0.3, -0.25) is 14.5 Å². The highest BCUT2D eigenvalue weighted by Gasteiger charge is 2.30. The lowest BCUT2D eigenvalue weighted by Crippen LogP contribution is -2.47. The highest BCUT2D eigenvalue weighted by molar-refractivity contribution is 6.37. The number of carboxylic acid groups (broad SMARTS) is 1. The van der Waals surface area contributed by atoms with Crippen molar-refractivity contribution in [1.82, 2.24) is 9.80 Å². The minimum atomic E-state index is -1.05. The molecule has 3 aromatic rings. The van der Waals surface area contributed by atoms with Gasteiger partial charge in [-0.15, -0.1) is 0 Å². The minimum absolute atomic E-state index is 0.115. The number of amides is 1. The van der Waals surface area contributed by atoms with E-state index in [1.165, 1.54) is 12.1 Å². The largest absolute Gasteiger partial charge is 0.478 e. The predicted molar refractivity (Wildman–Crippen MR) is 160 cm³/mol. The van der Waals surface area contributed by atoms with Crippen molar-refractivity contribution in [3.63, 3.8) is 0 Å². The number of Topliss-reactive ketones (excluding diaryl/α,β-unsaturated/α-hetero) is 1. The Balaban J connectivity index is 1.25. The maximum absolute atomic E-state index is 13.2. The van der Waals surface area contributed by atoms with Crippen LogP contribution >= 0.6 is 0 Å². The molecule has 6 rings (SSSR count). The van der Waals surface area contributed by atoms with Gasteiger partial charge in [-0.2, -0.15) is 0 Å². The number of aromatic carboxylic acids is 1. The van der Waals surface area contributed by atoms with Crippen molar-refractivity contribution in [1.29, 1.82) is 0 Å². The van der Waals surface area contributed by atoms with E-state index in [2.05, 4.69) is 38.4 Å². The smallest absolute Gasteiger partial charge is 0.335 e. The highest BCUT2D eigenvalue weighted by atomic mass is 16.4. The molecule has 1 amide bonds. The zero-order valence-corrected chi connectivity index (χ0v) is 23.0. The van der Waals surface area contributed by atoms with Crippen LogP contribution in [-0.4, -0.2) is 85.4 Å². The summed E-state index contributed by atoms with van der Waals surface area (Å²) < 4.78 is 0. The zero-order chi connectivity index (χ0) is 28.5. The number of nitrogens with zero attached hydrogens (tertiary/aromatic N) is 3. The van der Waals surface area contributed by atoms with E-state index < -0.39 is 5.97 Å². The fraction of sp³-hybridized carbons (Fsp3) is 0.281. The van der Waals surface area contributed by atoms with E-state index in [-0.39, 0.29) is 17.3 Å². The number of hydrogen-bond acceptors (Lipinski definition) is 7. The van der Waals surface area contributed by atoms with E-state index in [0.717, 1.165) is 61.6 Å². The number of hydrogen-bond donors (Lipinski definition) is 3. The van der Waals surface area contributed by atoms with Crippen LogP contribution in [0.15, 0.2) is 66.7 Å². The maximum atomic E-state index is 13.2. The average molecular weight is 552 g/mol. The SMILES string of the molecule is CN1CCN(CC(=O)CN2CCc3cc(N/C(=C4\C(=O)Nc5cc(C(=O)O)ccc54)c4ccccc4)ccc32)CC1. The van der Waals surface area contributed by atoms with Crippen LogP contribution in [0, 0.1) is 0 Å². The maximum Gasteiger partial charge on any atom is 0.335 e. The number of rotatable bonds is 8. The van der Waals surface area contributed by atoms with E-state index in [4.69, 9.17) is 0 Å². The third kappa shape index (κ3) is 5.59. The summed E-state index contributed by atoms with van der Waals surface area (Å²) in [6.07, 6.45) is 0.838. The molecule has 3 heterocycles. The van der Waals surface area contributed by atoms with Crippen LogP contribution < -0.4 is 15.5 Å². The van der Waals surface area contributed by atoms with Crippen LogP contribution in [0.5, 0.6) is 0 Å². The summed E-state index contributed by atoms with van der Waals surface area (Å²) in [6, 6.07) is 20.4. The van der Waals surface area contributed by atoms with E-state index in [1.54, 1.807) is 6.07 Å². The second-order valence-electron chi connectivity index (χ2n) is 10.9. The number of carboxylic acids is 1. The molecule has 0 spiro atoms. The number of nitrogens with one attached hydrogen (secondary N) is 2. The fourth-order valence-electron chi connectivity index (χ4n) is 5.81. The van der Waals surface area contributed by atoms with Gasteiger partial charge in [0.2, 0.25) is 0 Å². The van der Waals surface area contributed by atoms with E-state index in [0.29, 0.717) is 35.6 Å². The molecule has 3 aromatic carbocycles. The molecular formula is C32H33N5O4. The van der Waals surface area contributed by atoms with Gasteiger partial charge in [0, 0.05) is 49.7 Å². The number of likely N-dealkylation sites (N-methyl/N-ethyl adjacent to an activating group) is 1. The van der Waals surface area contributed by atoms with Gasteiger partial charge in [0.25, 0.3) is 5.91 Å². The van der Waals surface area contributed by atoms with E-state index in [9.17, 15) is 19.5 Å². The van der Waals surface area contributed by atoms with E-state index in [1.807, 2.05) is 42.5 Å². The molecule has 0 unspecified atom stereocenters. The number of piperazine rings is 1. The molecule has 0 saturated carbocycles. The van der Waals surface area contributed by atoms with Gasteiger partial charge in [0.05, 0.1) is 35.6 Å². The Bertz CT molecular complexity index is 1540. The molecule has 0 atom stereocenters. The summed E-state index contributed by atoms with van der Waals surface area (Å²) in [5.41, 5.74) is 6.24. The molecule has 41 heavy (non-hydrogen) atoms. The van der Waals surface area contributed by atoms with Gasteiger partial charge in [-0.05, 0) is 54.9 Å². The minimum Gasteiger partial charge on any atom is -0.478 e. The Labute approximate surface area is 239 Å². The third-order valence-electron chi connectivity index (χ3n) is 8.03. The second-order valence-corrected chi connectivity index (χ2v) is 10.9. The van der Waals surface area contributed by atoms with Gasteiger partial charge in [-0.25, -0.2) is 4.79 Å². The van der Waals surface area contributed by atoms with Crippen molar-refractivity contribution in [3.8, 4) is 0 Å². The topological polar surface area (TPSA) is 105 Å². The third-order valence-corrected chi connectivity index (χ3v) is 8.03. The van der Waals surface area contributed by atoms with Crippen LogP contribution in [0.4, 0.5) is 17.1 Å². The Morgan fingerprint density at radius 3 is 2.44 bits per heavy atom. The van der Waals surface area contributed by atoms with Gasteiger partial charge in [0.1, 0.15) is 0 Å². The van der Waals surface area contributed by atoms with Crippen LogP contribution in [0.25, 0.3) is 11.3 Å². The van der Waals surface area contributed by atoms with E-state index >= 15 is 0 Å². The van der Waals surface area contributed by atoms with Crippen molar-refractivity contribution in [3.05, 3.63) is 89.0 Å². The Kier molecular flexibility index (Phi) is 7.30. The zero-order valence-electron chi connectivity index (χ0n) is 23.0. The summed E-state index contributed by atoms with van der Waals surface area (Å²) in [6.45, 7) is 5.53. The van der Waals surface area contributed by atoms with Crippen LogP contribution in [0.2, 0.25) is 0 Å². The molecule has 1 fully saturated rings. The average Bonchev–Trinajstić information content (AvgIpc) is 3.52.